The average molecular weight is 332 g/mol. The van der Waals surface area contributed by atoms with Crippen LogP contribution in [0.2, 0.25) is 0 Å². The van der Waals surface area contributed by atoms with Gasteiger partial charge in [0.15, 0.2) is 0 Å². The maximum Gasteiger partial charge on any atom is 0.492 e. The van der Waals surface area contributed by atoms with Gasteiger partial charge in [0.1, 0.15) is 0 Å². The lowest BCUT2D eigenvalue weighted by Crippen LogP contribution is -2.41. The number of hydrogen-bond acceptors (Lipinski definition) is 4. The van der Waals surface area contributed by atoms with Crippen molar-refractivity contribution in [3.63, 3.8) is 0 Å². The van der Waals surface area contributed by atoms with Gasteiger partial charge in [-0.05, 0) is 63.7 Å². The summed E-state index contributed by atoms with van der Waals surface area (Å²) in [6.45, 7) is 11.2. The third-order valence-electron chi connectivity index (χ3n) is 4.86. The van der Waals surface area contributed by atoms with E-state index in [0.717, 1.165) is 5.56 Å². The van der Waals surface area contributed by atoms with E-state index in [2.05, 4.69) is 0 Å². The van der Waals surface area contributed by atoms with Crippen LogP contribution in [0, 0.1) is 13.8 Å². The molecule has 1 aromatic carbocycles. The Labute approximate surface area is 143 Å². The van der Waals surface area contributed by atoms with E-state index >= 15 is 0 Å². The van der Waals surface area contributed by atoms with Gasteiger partial charge in [-0.1, -0.05) is 18.2 Å². The molecule has 1 aliphatic heterocycles. The van der Waals surface area contributed by atoms with Gasteiger partial charge in [-0.3, -0.25) is 0 Å². The topological polar surface area (TPSA) is 76.0 Å². The third kappa shape index (κ3) is 3.41. The number of aromatic carboxylic acids is 1. The van der Waals surface area contributed by atoms with Gasteiger partial charge < -0.3 is 19.5 Å². The number of aliphatic hydroxyl groups is 1. The summed E-state index contributed by atoms with van der Waals surface area (Å²) >= 11 is 0. The van der Waals surface area contributed by atoms with Crippen LogP contribution in [0.15, 0.2) is 17.6 Å². The van der Waals surface area contributed by atoms with Crippen LogP contribution in [0.1, 0.15) is 54.7 Å². The predicted octanol–water partition coefficient (Wildman–Crippen LogP) is 3.01. The molecule has 0 amide bonds. The molecule has 0 bridgehead atoms. The van der Waals surface area contributed by atoms with Crippen molar-refractivity contribution < 1.29 is 24.3 Å². The molecule has 1 fully saturated rings. The van der Waals surface area contributed by atoms with E-state index in [-0.39, 0.29) is 6.61 Å². The molecular weight excluding hydrogens is 307 g/mol. The van der Waals surface area contributed by atoms with Gasteiger partial charge in [0.25, 0.3) is 0 Å². The van der Waals surface area contributed by atoms with Crippen molar-refractivity contribution in [1.82, 2.24) is 0 Å². The molecule has 1 heterocycles. The first kappa shape index (κ1) is 18.7. The van der Waals surface area contributed by atoms with E-state index in [9.17, 15) is 15.0 Å². The summed E-state index contributed by atoms with van der Waals surface area (Å²) in [5, 5.41) is 19.0. The minimum absolute atomic E-state index is 0.199. The monoisotopic (exact) mass is 332 g/mol. The lowest BCUT2D eigenvalue weighted by atomic mass is 9.77. The quantitative estimate of drug-likeness (QED) is 0.829. The van der Waals surface area contributed by atoms with Crippen LogP contribution >= 0.6 is 0 Å². The first-order chi connectivity index (χ1) is 11.0. The van der Waals surface area contributed by atoms with Crippen molar-refractivity contribution in [1.29, 1.82) is 0 Å². The van der Waals surface area contributed by atoms with Crippen LogP contribution < -0.4 is 0 Å². The second-order valence-electron chi connectivity index (χ2n) is 7.30. The van der Waals surface area contributed by atoms with Gasteiger partial charge in [-0.25, -0.2) is 4.79 Å². The highest BCUT2D eigenvalue weighted by molar-refractivity contribution is 6.55. The van der Waals surface area contributed by atoms with Gasteiger partial charge in [0, 0.05) is 0 Å². The normalized spacial score (nSPS) is 19.6. The number of carboxylic acid groups (broad SMARTS) is 1. The largest absolute Gasteiger partial charge is 0.492 e. The second-order valence-corrected chi connectivity index (χ2v) is 7.30. The first-order valence-corrected chi connectivity index (χ1v) is 8.00. The Morgan fingerprint density at radius 2 is 1.58 bits per heavy atom. The SMILES string of the molecule is Cc1cc(C=C(CO)B2OC(C)(C)C(C)(C)O2)cc(C)c1C(=O)O. The van der Waals surface area contributed by atoms with E-state index in [0.29, 0.717) is 22.2 Å². The second kappa shape index (κ2) is 6.35. The van der Waals surface area contributed by atoms with E-state index < -0.39 is 24.3 Å². The van der Waals surface area contributed by atoms with Crippen molar-refractivity contribution in [3.05, 3.63) is 39.9 Å². The molecule has 2 rings (SSSR count). The summed E-state index contributed by atoms with van der Waals surface area (Å²) in [4.78, 5) is 11.3. The molecule has 6 heteroatoms. The Bertz CT molecular complexity index is 652. The van der Waals surface area contributed by atoms with Crippen molar-refractivity contribution in [2.75, 3.05) is 6.61 Å². The summed E-state index contributed by atoms with van der Waals surface area (Å²) in [6.07, 6.45) is 1.80. The molecule has 0 unspecified atom stereocenters. The summed E-state index contributed by atoms with van der Waals surface area (Å²) < 4.78 is 11.9. The number of aliphatic hydroxyl groups excluding tert-OH is 1. The molecule has 2 N–H and O–H groups in total. The van der Waals surface area contributed by atoms with E-state index in [1.54, 1.807) is 32.1 Å². The number of benzene rings is 1. The number of hydrogen-bond donors (Lipinski definition) is 2. The van der Waals surface area contributed by atoms with Crippen molar-refractivity contribution >= 4 is 19.2 Å². The highest BCUT2D eigenvalue weighted by Gasteiger charge is 2.52. The summed E-state index contributed by atoms with van der Waals surface area (Å²) in [5.74, 6) is -0.936. The lowest BCUT2D eigenvalue weighted by Gasteiger charge is -2.32. The standard InChI is InChI=1S/C18H25BO5/c1-11-7-13(8-12(2)15(11)16(21)22)9-14(10-20)19-23-17(3,4)18(5,6)24-19/h7-9,20H,10H2,1-6H3,(H,21,22). The van der Waals surface area contributed by atoms with E-state index in [1.165, 1.54) is 0 Å². The fraction of sp³-hybridized carbons (Fsp3) is 0.500. The van der Waals surface area contributed by atoms with Crippen molar-refractivity contribution in [2.45, 2.75) is 52.7 Å². The fourth-order valence-electron chi connectivity index (χ4n) is 2.81. The molecule has 0 radical (unpaired) electrons. The molecule has 5 nitrogen and oxygen atoms in total. The van der Waals surface area contributed by atoms with Crippen LogP contribution in [0.4, 0.5) is 0 Å². The molecule has 0 spiro atoms. The number of aryl methyl sites for hydroxylation is 2. The van der Waals surface area contributed by atoms with Gasteiger partial charge >= 0.3 is 13.1 Å². The smallest absolute Gasteiger partial charge is 0.478 e. The molecule has 0 aliphatic carbocycles. The summed E-state index contributed by atoms with van der Waals surface area (Å²) in [6, 6.07) is 3.58. The third-order valence-corrected chi connectivity index (χ3v) is 4.86. The van der Waals surface area contributed by atoms with E-state index in [1.807, 2.05) is 27.7 Å². The number of rotatable bonds is 4. The molecule has 24 heavy (non-hydrogen) atoms. The molecule has 1 aliphatic rings. The minimum Gasteiger partial charge on any atom is -0.478 e. The van der Waals surface area contributed by atoms with Crippen molar-refractivity contribution in [3.8, 4) is 0 Å². The Morgan fingerprint density at radius 3 is 1.96 bits per heavy atom. The van der Waals surface area contributed by atoms with Crippen molar-refractivity contribution in [2.24, 2.45) is 0 Å². The molecule has 0 aromatic heterocycles. The molecule has 1 saturated heterocycles. The van der Waals surface area contributed by atoms with Gasteiger partial charge in [-0.2, -0.15) is 0 Å². The van der Waals surface area contributed by atoms with Crippen LogP contribution in [0.3, 0.4) is 0 Å². The molecular formula is C18H25BO5. The number of carbonyl (C=O) groups is 1. The predicted molar refractivity (Wildman–Crippen MR) is 94.0 cm³/mol. The van der Waals surface area contributed by atoms with Crippen LogP contribution in [-0.4, -0.2) is 41.1 Å². The minimum atomic E-state index is -0.936. The van der Waals surface area contributed by atoms with Crippen LogP contribution in [0.5, 0.6) is 0 Å². The Morgan fingerprint density at radius 1 is 1.12 bits per heavy atom. The molecule has 130 valence electrons. The summed E-state index contributed by atoms with van der Waals surface area (Å²) in [7, 11) is -0.625. The van der Waals surface area contributed by atoms with Gasteiger partial charge in [0.05, 0.1) is 23.4 Å². The van der Waals surface area contributed by atoms with Gasteiger partial charge in [0.2, 0.25) is 0 Å². The molecule has 0 atom stereocenters. The zero-order valence-electron chi connectivity index (χ0n) is 15.1. The highest BCUT2D eigenvalue weighted by atomic mass is 16.7. The summed E-state index contributed by atoms with van der Waals surface area (Å²) in [5.41, 5.74) is 2.13. The highest BCUT2D eigenvalue weighted by Crippen LogP contribution is 2.38. The Hall–Kier alpha value is -1.63. The molecule has 0 saturated carbocycles. The average Bonchev–Trinajstić information content (AvgIpc) is 2.63. The maximum absolute atomic E-state index is 11.3. The van der Waals surface area contributed by atoms with Crippen LogP contribution in [0.25, 0.3) is 6.08 Å². The number of carboxylic acids is 1. The zero-order chi connectivity index (χ0) is 18.3. The lowest BCUT2D eigenvalue weighted by molar-refractivity contribution is 0.00578. The maximum atomic E-state index is 11.3. The van der Waals surface area contributed by atoms with Crippen LogP contribution in [-0.2, 0) is 9.31 Å². The van der Waals surface area contributed by atoms with E-state index in [4.69, 9.17) is 9.31 Å². The molecule has 1 aromatic rings. The Kier molecular flexibility index (Phi) is 4.95. The van der Waals surface area contributed by atoms with Gasteiger partial charge in [-0.15, -0.1) is 0 Å². The Balaban J connectivity index is 2.37. The fourth-order valence-corrected chi connectivity index (χ4v) is 2.81. The first-order valence-electron chi connectivity index (χ1n) is 8.00. The zero-order valence-corrected chi connectivity index (χ0v) is 15.1.